The van der Waals surface area contributed by atoms with Gasteiger partial charge in [-0.3, -0.25) is 9.78 Å². The number of halogens is 3. The second-order valence-corrected chi connectivity index (χ2v) is 7.29. The van der Waals surface area contributed by atoms with Crippen molar-refractivity contribution in [3.05, 3.63) is 60.0 Å². The fraction of sp³-hybridized carbons (Fsp3) is 0.333. The zero-order valence-electron chi connectivity index (χ0n) is 15.7. The molecule has 0 bridgehead atoms. The molecule has 3 atom stereocenters. The Hall–Kier alpha value is -3.03. The highest BCUT2D eigenvalue weighted by Gasteiger charge is 2.45. The molecular formula is C21H20F3N3O2. The molecule has 0 unspecified atom stereocenters. The van der Waals surface area contributed by atoms with Gasteiger partial charge in [-0.05, 0) is 48.4 Å². The third kappa shape index (κ3) is 4.36. The van der Waals surface area contributed by atoms with Crippen molar-refractivity contribution in [2.45, 2.75) is 31.5 Å². The van der Waals surface area contributed by atoms with Gasteiger partial charge in [0.1, 0.15) is 5.75 Å². The molecule has 0 saturated heterocycles. The Bertz CT molecular complexity index is 1010. The molecule has 1 aromatic carbocycles. The fourth-order valence-corrected chi connectivity index (χ4v) is 3.54. The number of carbonyl (C=O) groups excluding carboxylic acids is 1. The van der Waals surface area contributed by atoms with Crippen LogP contribution in [0.25, 0.3) is 10.9 Å². The van der Waals surface area contributed by atoms with E-state index in [0.717, 1.165) is 22.9 Å². The largest absolute Gasteiger partial charge is 0.483 e. The van der Waals surface area contributed by atoms with Crippen LogP contribution < -0.4 is 10.1 Å². The van der Waals surface area contributed by atoms with Gasteiger partial charge in [0.15, 0.2) is 6.61 Å². The Kier molecular flexibility index (Phi) is 4.94. The van der Waals surface area contributed by atoms with Crippen LogP contribution in [0.4, 0.5) is 13.2 Å². The number of para-hydroxylation sites is 1. The van der Waals surface area contributed by atoms with Crippen LogP contribution in [0.3, 0.4) is 0 Å². The van der Waals surface area contributed by atoms with Gasteiger partial charge in [-0.2, -0.15) is 13.2 Å². The standard InChI is InChI=1S/C21H20F3N3O2/c1-12(18-6-5-14(10-26-18)29-11-21(22,23)24)27-20(28)17-9-16(17)15-4-2-3-13-7-8-25-19(13)15/h2-8,10,12,16-17,25H,9,11H2,1H3,(H,27,28)/t12-,16-,17+/m1/s1. The second-order valence-electron chi connectivity index (χ2n) is 7.29. The first-order valence-corrected chi connectivity index (χ1v) is 9.34. The van der Waals surface area contributed by atoms with Crippen LogP contribution in [-0.4, -0.2) is 28.7 Å². The lowest BCUT2D eigenvalue weighted by Crippen LogP contribution is -2.29. The van der Waals surface area contributed by atoms with Gasteiger partial charge in [-0.1, -0.05) is 18.2 Å². The molecule has 8 heteroatoms. The van der Waals surface area contributed by atoms with Crippen molar-refractivity contribution >= 4 is 16.8 Å². The molecule has 1 amide bonds. The van der Waals surface area contributed by atoms with Crippen LogP contribution in [0.2, 0.25) is 0 Å². The van der Waals surface area contributed by atoms with Crippen molar-refractivity contribution in [1.29, 1.82) is 0 Å². The number of pyridine rings is 1. The molecule has 5 nitrogen and oxygen atoms in total. The second kappa shape index (κ2) is 7.42. The number of carbonyl (C=O) groups is 1. The molecule has 4 rings (SSSR count). The lowest BCUT2D eigenvalue weighted by molar-refractivity contribution is -0.153. The Morgan fingerprint density at radius 3 is 2.86 bits per heavy atom. The smallest absolute Gasteiger partial charge is 0.422 e. The van der Waals surface area contributed by atoms with Crippen molar-refractivity contribution in [2.75, 3.05) is 6.61 Å². The van der Waals surface area contributed by atoms with Crippen molar-refractivity contribution in [3.63, 3.8) is 0 Å². The van der Waals surface area contributed by atoms with Crippen LogP contribution in [0.15, 0.2) is 48.8 Å². The Morgan fingerprint density at radius 1 is 1.31 bits per heavy atom. The van der Waals surface area contributed by atoms with Crippen LogP contribution in [0, 0.1) is 5.92 Å². The van der Waals surface area contributed by atoms with E-state index in [1.165, 1.54) is 12.3 Å². The number of hydrogen-bond acceptors (Lipinski definition) is 3. The molecule has 3 aromatic rings. The molecule has 2 N–H and O–H groups in total. The molecule has 1 fully saturated rings. The average Bonchev–Trinajstić information content (AvgIpc) is 3.34. The summed E-state index contributed by atoms with van der Waals surface area (Å²) in [5, 5.41) is 4.07. The van der Waals surface area contributed by atoms with Gasteiger partial charge in [0.05, 0.1) is 17.9 Å². The van der Waals surface area contributed by atoms with E-state index >= 15 is 0 Å². The Labute approximate surface area is 165 Å². The van der Waals surface area contributed by atoms with Crippen molar-refractivity contribution in [3.8, 4) is 5.75 Å². The number of amides is 1. The number of H-pyrrole nitrogens is 1. The average molecular weight is 403 g/mol. The molecular weight excluding hydrogens is 383 g/mol. The van der Waals surface area contributed by atoms with E-state index in [4.69, 9.17) is 0 Å². The number of hydrogen-bond donors (Lipinski definition) is 2. The van der Waals surface area contributed by atoms with E-state index in [1.807, 2.05) is 30.5 Å². The quantitative estimate of drug-likeness (QED) is 0.638. The topological polar surface area (TPSA) is 67.0 Å². The molecule has 1 aliphatic carbocycles. The number of benzene rings is 1. The lowest BCUT2D eigenvalue weighted by Gasteiger charge is -2.14. The summed E-state index contributed by atoms with van der Waals surface area (Å²) < 4.78 is 41.3. The van der Waals surface area contributed by atoms with Gasteiger partial charge in [0.25, 0.3) is 0 Å². The molecule has 1 aliphatic rings. The van der Waals surface area contributed by atoms with Gasteiger partial charge in [0, 0.05) is 17.6 Å². The van der Waals surface area contributed by atoms with Crippen LogP contribution >= 0.6 is 0 Å². The molecule has 0 radical (unpaired) electrons. The van der Waals surface area contributed by atoms with E-state index in [-0.39, 0.29) is 29.5 Å². The first-order valence-electron chi connectivity index (χ1n) is 9.34. The summed E-state index contributed by atoms with van der Waals surface area (Å²) in [6.45, 7) is 0.427. The van der Waals surface area contributed by atoms with Crippen molar-refractivity contribution in [1.82, 2.24) is 15.3 Å². The number of rotatable bonds is 6. The van der Waals surface area contributed by atoms with E-state index in [0.29, 0.717) is 5.69 Å². The summed E-state index contributed by atoms with van der Waals surface area (Å²) in [7, 11) is 0. The van der Waals surface area contributed by atoms with Gasteiger partial charge in [-0.25, -0.2) is 0 Å². The maximum absolute atomic E-state index is 12.6. The zero-order valence-corrected chi connectivity index (χ0v) is 15.7. The van der Waals surface area contributed by atoms with Gasteiger partial charge >= 0.3 is 6.18 Å². The van der Waals surface area contributed by atoms with Crippen molar-refractivity contribution in [2.24, 2.45) is 5.92 Å². The summed E-state index contributed by atoms with van der Waals surface area (Å²) in [6, 6.07) is 10.7. The van der Waals surface area contributed by atoms with Crippen molar-refractivity contribution < 1.29 is 22.7 Å². The Morgan fingerprint density at radius 2 is 2.14 bits per heavy atom. The Balaban J connectivity index is 1.35. The summed E-state index contributed by atoms with van der Waals surface area (Å²) in [4.78, 5) is 20.0. The molecule has 0 spiro atoms. The minimum absolute atomic E-state index is 0.0332. The summed E-state index contributed by atoms with van der Waals surface area (Å²) in [5.74, 6) is 0.0625. The monoisotopic (exact) mass is 403 g/mol. The number of aromatic amines is 1. The molecule has 2 heterocycles. The van der Waals surface area contributed by atoms with Crippen LogP contribution in [0.5, 0.6) is 5.75 Å². The summed E-state index contributed by atoms with van der Waals surface area (Å²) in [6.07, 6.45) is -0.489. The van der Waals surface area contributed by atoms with Gasteiger partial charge in [0.2, 0.25) is 5.91 Å². The molecule has 152 valence electrons. The summed E-state index contributed by atoms with van der Waals surface area (Å²) >= 11 is 0. The highest BCUT2D eigenvalue weighted by molar-refractivity contribution is 5.87. The summed E-state index contributed by atoms with van der Waals surface area (Å²) in [5.41, 5.74) is 2.77. The third-order valence-electron chi connectivity index (χ3n) is 5.11. The minimum Gasteiger partial charge on any atom is -0.483 e. The maximum Gasteiger partial charge on any atom is 0.422 e. The van der Waals surface area contributed by atoms with Gasteiger partial charge < -0.3 is 15.0 Å². The minimum atomic E-state index is -4.40. The van der Waals surface area contributed by atoms with Crippen LogP contribution in [-0.2, 0) is 4.79 Å². The first-order chi connectivity index (χ1) is 13.8. The molecule has 2 aromatic heterocycles. The lowest BCUT2D eigenvalue weighted by atomic mass is 10.1. The predicted octanol–water partition coefficient (Wildman–Crippen LogP) is 4.48. The maximum atomic E-state index is 12.6. The molecule has 1 saturated carbocycles. The highest BCUT2D eigenvalue weighted by Crippen LogP contribution is 2.49. The molecule has 29 heavy (non-hydrogen) atoms. The number of fused-ring (bicyclic) bond motifs is 1. The SMILES string of the molecule is C[C@@H](NC(=O)[C@H]1C[C@@H]1c1cccc2cc[nH]c12)c1ccc(OCC(F)(F)F)cn1. The molecule has 0 aliphatic heterocycles. The van der Waals surface area contributed by atoms with E-state index in [2.05, 4.69) is 20.0 Å². The first kappa shape index (κ1) is 19.3. The van der Waals surface area contributed by atoms with E-state index < -0.39 is 12.8 Å². The fourth-order valence-electron chi connectivity index (χ4n) is 3.54. The number of nitrogens with zero attached hydrogens (tertiary/aromatic N) is 1. The number of alkyl halides is 3. The van der Waals surface area contributed by atoms with Gasteiger partial charge in [-0.15, -0.1) is 0 Å². The number of ether oxygens (including phenoxy) is 1. The highest BCUT2D eigenvalue weighted by atomic mass is 19.4. The van der Waals surface area contributed by atoms with E-state index in [9.17, 15) is 18.0 Å². The number of aromatic nitrogens is 2. The normalized spacial score (nSPS) is 19.7. The predicted molar refractivity (Wildman–Crippen MR) is 101 cm³/mol. The third-order valence-corrected chi connectivity index (χ3v) is 5.11. The zero-order chi connectivity index (χ0) is 20.6. The number of nitrogens with one attached hydrogen (secondary N) is 2. The van der Waals surface area contributed by atoms with Crippen LogP contribution in [0.1, 0.15) is 36.6 Å². The van der Waals surface area contributed by atoms with E-state index in [1.54, 1.807) is 13.0 Å².